The summed E-state index contributed by atoms with van der Waals surface area (Å²) in [5, 5.41) is 11.5. The van der Waals surface area contributed by atoms with Gasteiger partial charge >= 0.3 is 0 Å². The Labute approximate surface area is 121 Å². The molecule has 0 saturated heterocycles. The van der Waals surface area contributed by atoms with E-state index >= 15 is 0 Å². The van der Waals surface area contributed by atoms with Gasteiger partial charge in [0.15, 0.2) is 0 Å². The number of aliphatic hydroxyl groups excluding tert-OH is 1. The molecular formula is C17H15FN2O. The lowest BCUT2D eigenvalue weighted by Gasteiger charge is -2.20. The Hall–Kier alpha value is -2.30. The molecule has 21 heavy (non-hydrogen) atoms. The summed E-state index contributed by atoms with van der Waals surface area (Å²) in [6.07, 6.45) is 0.774. The van der Waals surface area contributed by atoms with Crippen LogP contribution >= 0.6 is 0 Å². The van der Waals surface area contributed by atoms with Crippen LogP contribution in [0.5, 0.6) is 0 Å². The quantitative estimate of drug-likeness (QED) is 0.776. The maximum Gasteiger partial charge on any atom is 0.123 e. The van der Waals surface area contributed by atoms with Gasteiger partial charge in [-0.25, -0.2) is 4.39 Å². The van der Waals surface area contributed by atoms with Crippen molar-refractivity contribution in [3.8, 4) is 0 Å². The highest BCUT2D eigenvalue weighted by atomic mass is 19.1. The van der Waals surface area contributed by atoms with Gasteiger partial charge in [0, 0.05) is 17.1 Å². The lowest BCUT2D eigenvalue weighted by molar-refractivity contribution is 0.148. The zero-order valence-corrected chi connectivity index (χ0v) is 11.3. The van der Waals surface area contributed by atoms with Crippen molar-refractivity contribution < 1.29 is 9.50 Å². The second-order valence-corrected chi connectivity index (χ2v) is 4.94. The minimum Gasteiger partial charge on any atom is -0.386 e. The van der Waals surface area contributed by atoms with Gasteiger partial charge in [0.1, 0.15) is 11.9 Å². The summed E-state index contributed by atoms with van der Waals surface area (Å²) in [5.74, 6) is -0.327. The molecule has 0 fully saturated rings. The maximum absolute atomic E-state index is 13.0. The number of hydrogen-bond acceptors (Lipinski definition) is 3. The van der Waals surface area contributed by atoms with Gasteiger partial charge in [-0.3, -0.25) is 4.98 Å². The van der Waals surface area contributed by atoms with Gasteiger partial charge in [-0.1, -0.05) is 36.4 Å². The van der Waals surface area contributed by atoms with Crippen LogP contribution in [0.3, 0.4) is 0 Å². The number of fused-ring (bicyclic) bond motifs is 1. The topological polar surface area (TPSA) is 59.1 Å². The third-order valence-electron chi connectivity index (χ3n) is 3.58. The van der Waals surface area contributed by atoms with E-state index in [4.69, 9.17) is 5.73 Å². The maximum atomic E-state index is 13.0. The normalized spacial score (nSPS) is 14.0. The van der Waals surface area contributed by atoms with E-state index in [1.807, 2.05) is 30.3 Å². The molecule has 0 saturated carbocycles. The first kappa shape index (κ1) is 13.7. The molecule has 3 N–H and O–H groups in total. The number of hydrogen-bond donors (Lipinski definition) is 2. The van der Waals surface area contributed by atoms with Gasteiger partial charge in [-0.05, 0) is 23.8 Å². The summed E-state index contributed by atoms with van der Waals surface area (Å²) in [4.78, 5) is 4.32. The molecule has 0 radical (unpaired) electrons. The number of nitrogens with two attached hydrogens (primary N) is 1. The average Bonchev–Trinajstić information content (AvgIpc) is 2.53. The first-order chi connectivity index (χ1) is 10.2. The standard InChI is InChI=1S/C17H15FN2O/c18-13-8-6-11(7-9-13)15(19)17(21)14-5-1-3-12-4-2-10-20-16(12)14/h1-10,15,17,21H,19H2/t15-,17+/m0/s1. The molecule has 0 bridgehead atoms. The second-order valence-electron chi connectivity index (χ2n) is 4.94. The van der Waals surface area contributed by atoms with E-state index in [0.717, 1.165) is 10.9 Å². The predicted molar refractivity (Wildman–Crippen MR) is 80.0 cm³/mol. The molecule has 3 rings (SSSR count). The van der Waals surface area contributed by atoms with Crippen LogP contribution in [0.2, 0.25) is 0 Å². The molecule has 0 spiro atoms. The molecule has 3 aromatic rings. The van der Waals surface area contributed by atoms with Gasteiger partial charge < -0.3 is 10.8 Å². The lowest BCUT2D eigenvalue weighted by atomic mass is 9.95. The van der Waals surface area contributed by atoms with E-state index in [-0.39, 0.29) is 5.82 Å². The Morgan fingerprint density at radius 3 is 2.48 bits per heavy atom. The van der Waals surface area contributed by atoms with E-state index in [9.17, 15) is 9.50 Å². The zero-order valence-electron chi connectivity index (χ0n) is 11.3. The number of aromatic nitrogens is 1. The molecule has 1 heterocycles. The van der Waals surface area contributed by atoms with Crippen LogP contribution in [0.25, 0.3) is 10.9 Å². The van der Waals surface area contributed by atoms with Gasteiger partial charge in [0.05, 0.1) is 11.6 Å². The van der Waals surface area contributed by atoms with Crippen LogP contribution in [0.1, 0.15) is 23.3 Å². The van der Waals surface area contributed by atoms with E-state index < -0.39 is 12.1 Å². The Morgan fingerprint density at radius 1 is 1.00 bits per heavy atom. The summed E-state index contributed by atoms with van der Waals surface area (Å²) in [7, 11) is 0. The molecule has 1 aromatic heterocycles. The molecule has 106 valence electrons. The molecule has 0 aliphatic carbocycles. The molecule has 2 aromatic carbocycles. The summed E-state index contributed by atoms with van der Waals surface area (Å²) < 4.78 is 13.0. The largest absolute Gasteiger partial charge is 0.386 e. The molecule has 4 heteroatoms. The highest BCUT2D eigenvalue weighted by Crippen LogP contribution is 2.30. The molecule has 0 unspecified atom stereocenters. The van der Waals surface area contributed by atoms with Crippen LogP contribution in [0.15, 0.2) is 60.8 Å². The fourth-order valence-electron chi connectivity index (χ4n) is 2.43. The van der Waals surface area contributed by atoms with Crippen molar-refractivity contribution in [3.63, 3.8) is 0 Å². The van der Waals surface area contributed by atoms with Crippen molar-refractivity contribution in [2.45, 2.75) is 12.1 Å². The molecule has 0 aliphatic heterocycles. The highest BCUT2D eigenvalue weighted by Gasteiger charge is 2.21. The highest BCUT2D eigenvalue weighted by molar-refractivity contribution is 5.81. The van der Waals surface area contributed by atoms with Crippen molar-refractivity contribution in [1.82, 2.24) is 4.98 Å². The van der Waals surface area contributed by atoms with Crippen molar-refractivity contribution in [3.05, 3.63) is 77.7 Å². The molecule has 3 nitrogen and oxygen atoms in total. The number of benzene rings is 2. The van der Waals surface area contributed by atoms with Gasteiger partial charge in [0.2, 0.25) is 0 Å². The smallest absolute Gasteiger partial charge is 0.123 e. The predicted octanol–water partition coefficient (Wildman–Crippen LogP) is 3.11. The fraction of sp³-hybridized carbons (Fsp3) is 0.118. The molecule has 2 atom stereocenters. The zero-order chi connectivity index (χ0) is 14.8. The number of halogens is 1. The Balaban J connectivity index is 2.00. The number of para-hydroxylation sites is 1. The molecular weight excluding hydrogens is 267 g/mol. The van der Waals surface area contributed by atoms with Crippen LogP contribution in [-0.2, 0) is 0 Å². The van der Waals surface area contributed by atoms with Crippen molar-refractivity contribution in [1.29, 1.82) is 0 Å². The summed E-state index contributed by atoms with van der Waals surface area (Å²) >= 11 is 0. The monoisotopic (exact) mass is 282 g/mol. The first-order valence-electron chi connectivity index (χ1n) is 6.69. The van der Waals surface area contributed by atoms with Crippen molar-refractivity contribution >= 4 is 10.9 Å². The SMILES string of the molecule is N[C@@H](c1ccc(F)cc1)[C@H](O)c1cccc2cccnc12. The number of rotatable bonds is 3. The number of aliphatic hydroxyl groups is 1. The second kappa shape index (κ2) is 5.60. The van der Waals surface area contributed by atoms with E-state index in [1.165, 1.54) is 12.1 Å². The van der Waals surface area contributed by atoms with E-state index in [2.05, 4.69) is 4.98 Å². The minimum atomic E-state index is -0.908. The lowest BCUT2D eigenvalue weighted by Crippen LogP contribution is -2.20. The van der Waals surface area contributed by atoms with Crippen molar-refractivity contribution in [2.24, 2.45) is 5.73 Å². The molecule has 0 aliphatic rings. The summed E-state index contributed by atoms with van der Waals surface area (Å²) in [6.45, 7) is 0. The van der Waals surface area contributed by atoms with E-state index in [1.54, 1.807) is 18.3 Å². The van der Waals surface area contributed by atoms with Crippen LogP contribution in [0, 0.1) is 5.82 Å². The van der Waals surface area contributed by atoms with E-state index in [0.29, 0.717) is 11.1 Å². The van der Waals surface area contributed by atoms with Crippen LogP contribution in [0.4, 0.5) is 4.39 Å². The Kier molecular flexibility index (Phi) is 3.64. The Morgan fingerprint density at radius 2 is 1.71 bits per heavy atom. The summed E-state index contributed by atoms with van der Waals surface area (Å²) in [6, 6.07) is 14.6. The van der Waals surface area contributed by atoms with Crippen LogP contribution < -0.4 is 5.73 Å². The third kappa shape index (κ3) is 2.63. The van der Waals surface area contributed by atoms with Gasteiger partial charge in [-0.15, -0.1) is 0 Å². The number of pyridine rings is 1. The number of nitrogens with zero attached hydrogens (tertiary/aromatic N) is 1. The first-order valence-corrected chi connectivity index (χ1v) is 6.69. The minimum absolute atomic E-state index is 0.327. The fourth-order valence-corrected chi connectivity index (χ4v) is 2.43. The summed E-state index contributed by atoms with van der Waals surface area (Å²) in [5.41, 5.74) is 8.19. The van der Waals surface area contributed by atoms with Gasteiger partial charge in [-0.2, -0.15) is 0 Å². The third-order valence-corrected chi connectivity index (χ3v) is 3.58. The van der Waals surface area contributed by atoms with Crippen LogP contribution in [-0.4, -0.2) is 10.1 Å². The molecule has 0 amide bonds. The average molecular weight is 282 g/mol. The Bertz CT molecular complexity index is 753. The van der Waals surface area contributed by atoms with Crippen molar-refractivity contribution in [2.75, 3.05) is 0 Å². The van der Waals surface area contributed by atoms with Gasteiger partial charge in [0.25, 0.3) is 0 Å².